The number of thioether (sulfide) groups is 1. The van der Waals surface area contributed by atoms with Crippen molar-refractivity contribution in [2.24, 2.45) is 0 Å². The molecule has 0 aliphatic carbocycles. The standard InChI is InChI=1S/C13H9ClF3N3OS/c1-22-12-18-9(13(15,16)17)6-10(20-12)19-11(21)7-2-4-8(14)5-3-7/h2-6H,1H3,(H,18,19,20,21). The van der Waals surface area contributed by atoms with Gasteiger partial charge in [-0.2, -0.15) is 13.2 Å². The average molecular weight is 348 g/mol. The van der Waals surface area contributed by atoms with Crippen molar-refractivity contribution >= 4 is 35.1 Å². The first-order chi connectivity index (χ1) is 10.3. The molecular weight excluding hydrogens is 339 g/mol. The van der Waals surface area contributed by atoms with Crippen LogP contribution in [0.25, 0.3) is 0 Å². The van der Waals surface area contributed by atoms with Gasteiger partial charge in [-0.05, 0) is 30.5 Å². The van der Waals surface area contributed by atoms with Crippen molar-refractivity contribution in [2.75, 3.05) is 11.6 Å². The summed E-state index contributed by atoms with van der Waals surface area (Å²) in [5.41, 5.74) is -0.861. The highest BCUT2D eigenvalue weighted by Crippen LogP contribution is 2.30. The Morgan fingerprint density at radius 1 is 1.23 bits per heavy atom. The second-order valence-electron chi connectivity index (χ2n) is 4.08. The molecule has 0 saturated carbocycles. The Morgan fingerprint density at radius 2 is 1.86 bits per heavy atom. The molecule has 0 saturated heterocycles. The summed E-state index contributed by atoms with van der Waals surface area (Å²) in [5, 5.41) is 2.68. The second kappa shape index (κ2) is 6.53. The third-order valence-corrected chi connectivity index (χ3v) is 3.33. The van der Waals surface area contributed by atoms with Gasteiger partial charge in [-0.1, -0.05) is 23.4 Å². The van der Waals surface area contributed by atoms with Gasteiger partial charge in [0.2, 0.25) is 0 Å². The van der Waals surface area contributed by atoms with Crippen LogP contribution in [-0.4, -0.2) is 22.1 Å². The van der Waals surface area contributed by atoms with Gasteiger partial charge in [0.25, 0.3) is 5.91 Å². The number of hydrogen-bond acceptors (Lipinski definition) is 4. The third kappa shape index (κ3) is 4.11. The largest absolute Gasteiger partial charge is 0.433 e. The summed E-state index contributed by atoms with van der Waals surface area (Å²) in [4.78, 5) is 19.2. The van der Waals surface area contributed by atoms with E-state index in [1.165, 1.54) is 24.3 Å². The van der Waals surface area contributed by atoms with Crippen molar-refractivity contribution in [3.05, 3.63) is 46.6 Å². The first-order valence-corrected chi connectivity index (χ1v) is 7.47. The first-order valence-electron chi connectivity index (χ1n) is 5.87. The molecule has 22 heavy (non-hydrogen) atoms. The van der Waals surface area contributed by atoms with Crippen molar-refractivity contribution < 1.29 is 18.0 Å². The Hall–Kier alpha value is -1.80. The van der Waals surface area contributed by atoms with Gasteiger partial charge in [0, 0.05) is 16.7 Å². The Labute approximate surface area is 133 Å². The van der Waals surface area contributed by atoms with Gasteiger partial charge in [-0.25, -0.2) is 9.97 Å². The maximum absolute atomic E-state index is 12.8. The Morgan fingerprint density at radius 3 is 2.41 bits per heavy atom. The molecule has 0 atom stereocenters. The molecule has 0 spiro atoms. The van der Waals surface area contributed by atoms with E-state index in [0.29, 0.717) is 11.1 Å². The fourth-order valence-electron chi connectivity index (χ4n) is 1.52. The number of rotatable bonds is 3. The minimum Gasteiger partial charge on any atom is -0.306 e. The number of carbonyl (C=O) groups is 1. The van der Waals surface area contributed by atoms with Crippen LogP contribution in [0.1, 0.15) is 16.1 Å². The third-order valence-electron chi connectivity index (χ3n) is 2.53. The van der Waals surface area contributed by atoms with Crippen molar-refractivity contribution in [2.45, 2.75) is 11.3 Å². The lowest BCUT2D eigenvalue weighted by atomic mass is 10.2. The van der Waals surface area contributed by atoms with Crippen molar-refractivity contribution in [3.63, 3.8) is 0 Å². The molecule has 1 amide bonds. The summed E-state index contributed by atoms with van der Waals surface area (Å²) in [6.07, 6.45) is -3.08. The molecule has 0 aliphatic rings. The van der Waals surface area contributed by atoms with Gasteiger partial charge in [-0.15, -0.1) is 0 Å². The van der Waals surface area contributed by atoms with E-state index in [1.807, 2.05) is 0 Å². The fraction of sp³-hybridized carbons (Fsp3) is 0.154. The zero-order chi connectivity index (χ0) is 16.3. The summed E-state index contributed by atoms with van der Waals surface area (Å²) >= 11 is 6.65. The van der Waals surface area contributed by atoms with Crippen LogP contribution >= 0.6 is 23.4 Å². The highest BCUT2D eigenvalue weighted by atomic mass is 35.5. The van der Waals surface area contributed by atoms with Crippen LogP contribution in [0.4, 0.5) is 19.0 Å². The molecule has 0 fully saturated rings. The SMILES string of the molecule is CSc1nc(NC(=O)c2ccc(Cl)cc2)cc(C(F)(F)F)n1. The van der Waals surface area contributed by atoms with Gasteiger partial charge in [0.05, 0.1) is 0 Å². The molecule has 1 N–H and O–H groups in total. The van der Waals surface area contributed by atoms with Gasteiger partial charge in [-0.3, -0.25) is 4.79 Å². The first kappa shape index (κ1) is 16.6. The number of carbonyl (C=O) groups excluding carboxylic acids is 1. The van der Waals surface area contributed by atoms with Crippen LogP contribution in [0, 0.1) is 0 Å². The summed E-state index contributed by atoms with van der Waals surface area (Å²) in [7, 11) is 0. The van der Waals surface area contributed by atoms with E-state index in [1.54, 1.807) is 6.26 Å². The van der Waals surface area contributed by atoms with Crippen LogP contribution in [0.2, 0.25) is 5.02 Å². The maximum atomic E-state index is 12.8. The van der Waals surface area contributed by atoms with E-state index >= 15 is 0 Å². The molecule has 0 bridgehead atoms. The minimum absolute atomic E-state index is 0.0822. The second-order valence-corrected chi connectivity index (χ2v) is 5.29. The van der Waals surface area contributed by atoms with E-state index in [0.717, 1.165) is 11.8 Å². The predicted molar refractivity (Wildman–Crippen MR) is 78.2 cm³/mol. The number of alkyl halides is 3. The van der Waals surface area contributed by atoms with Crippen LogP contribution in [0.3, 0.4) is 0 Å². The summed E-state index contributed by atoms with van der Waals surface area (Å²) in [6.45, 7) is 0. The maximum Gasteiger partial charge on any atom is 0.433 e. The van der Waals surface area contributed by atoms with Crippen LogP contribution in [0.15, 0.2) is 35.5 Å². The topological polar surface area (TPSA) is 54.9 Å². The fourth-order valence-corrected chi connectivity index (χ4v) is 2.02. The molecular formula is C13H9ClF3N3OS. The number of nitrogens with one attached hydrogen (secondary N) is 1. The average Bonchev–Trinajstić information content (AvgIpc) is 2.46. The number of halogens is 4. The Balaban J connectivity index is 2.28. The molecule has 2 aromatic rings. The molecule has 4 nitrogen and oxygen atoms in total. The predicted octanol–water partition coefficient (Wildman–Crippen LogP) is 4.12. The number of hydrogen-bond donors (Lipinski definition) is 1. The van der Waals surface area contributed by atoms with E-state index in [2.05, 4.69) is 15.3 Å². The zero-order valence-corrected chi connectivity index (χ0v) is 12.7. The molecule has 2 rings (SSSR count). The van der Waals surface area contributed by atoms with E-state index < -0.39 is 17.8 Å². The molecule has 0 aliphatic heterocycles. The highest BCUT2D eigenvalue weighted by molar-refractivity contribution is 7.98. The van der Waals surface area contributed by atoms with Crippen molar-refractivity contribution in [1.82, 2.24) is 9.97 Å². The zero-order valence-electron chi connectivity index (χ0n) is 11.1. The van der Waals surface area contributed by atoms with Gasteiger partial charge < -0.3 is 5.32 Å². The molecule has 0 unspecified atom stereocenters. The van der Waals surface area contributed by atoms with E-state index in [4.69, 9.17) is 11.6 Å². The molecule has 1 heterocycles. The molecule has 1 aromatic carbocycles. The summed E-state index contributed by atoms with van der Waals surface area (Å²) in [5.74, 6) is -0.804. The van der Waals surface area contributed by atoms with E-state index in [9.17, 15) is 18.0 Å². The van der Waals surface area contributed by atoms with Gasteiger partial charge >= 0.3 is 6.18 Å². The lowest BCUT2D eigenvalue weighted by molar-refractivity contribution is -0.141. The highest BCUT2D eigenvalue weighted by Gasteiger charge is 2.33. The molecule has 116 valence electrons. The van der Waals surface area contributed by atoms with Crippen LogP contribution in [-0.2, 0) is 6.18 Å². The van der Waals surface area contributed by atoms with Crippen LogP contribution < -0.4 is 5.32 Å². The van der Waals surface area contributed by atoms with Crippen molar-refractivity contribution in [1.29, 1.82) is 0 Å². The smallest absolute Gasteiger partial charge is 0.306 e. The number of aromatic nitrogens is 2. The normalized spacial score (nSPS) is 11.3. The number of anilines is 1. The van der Waals surface area contributed by atoms with Crippen LogP contribution in [0.5, 0.6) is 0 Å². The number of nitrogens with zero attached hydrogens (tertiary/aromatic N) is 2. The molecule has 0 radical (unpaired) electrons. The van der Waals surface area contributed by atoms with Gasteiger partial charge in [0.15, 0.2) is 10.9 Å². The number of amides is 1. The molecule has 1 aromatic heterocycles. The molecule has 9 heteroatoms. The lowest BCUT2D eigenvalue weighted by Gasteiger charge is -2.10. The summed E-state index contributed by atoms with van der Waals surface area (Å²) in [6, 6.07) is 6.61. The Bertz CT molecular complexity index is 692. The Kier molecular flexibility index (Phi) is 4.92. The monoisotopic (exact) mass is 347 g/mol. The quantitative estimate of drug-likeness (QED) is 0.670. The van der Waals surface area contributed by atoms with Crippen molar-refractivity contribution in [3.8, 4) is 0 Å². The summed E-state index contributed by atoms with van der Waals surface area (Å²) < 4.78 is 38.3. The number of benzene rings is 1. The lowest BCUT2D eigenvalue weighted by Crippen LogP contribution is -2.16. The van der Waals surface area contributed by atoms with Gasteiger partial charge in [0.1, 0.15) is 5.82 Å². The minimum atomic E-state index is -4.62. The van der Waals surface area contributed by atoms with E-state index in [-0.39, 0.29) is 16.5 Å².